The number of rotatable bonds is 2. The molecule has 5 heteroatoms. The fraction of sp³-hybridized carbons (Fsp3) is 0.375. The van der Waals surface area contributed by atoms with Gasteiger partial charge in [-0.15, -0.1) is 0 Å². The molecule has 0 unspecified atom stereocenters. The molecule has 2 heterocycles. The number of nitrogens with zero attached hydrogens (tertiary/aromatic N) is 4. The van der Waals surface area contributed by atoms with Gasteiger partial charge < -0.3 is 5.73 Å². The van der Waals surface area contributed by atoms with Gasteiger partial charge in [-0.1, -0.05) is 13.3 Å². The number of hydrogen-bond acceptors (Lipinski definition) is 4. The predicted octanol–water partition coefficient (Wildman–Crippen LogP) is 0.659. The first-order valence-electron chi connectivity index (χ1n) is 4.26. The van der Waals surface area contributed by atoms with E-state index in [-0.39, 0.29) is 0 Å². The van der Waals surface area contributed by atoms with Gasteiger partial charge in [-0.25, -0.2) is 9.97 Å². The molecule has 0 spiro atoms. The van der Waals surface area contributed by atoms with Crippen molar-refractivity contribution >= 4 is 11.6 Å². The van der Waals surface area contributed by atoms with Crippen molar-refractivity contribution < 1.29 is 0 Å². The van der Waals surface area contributed by atoms with Crippen LogP contribution in [-0.2, 0) is 6.42 Å². The van der Waals surface area contributed by atoms with Gasteiger partial charge in [0.25, 0.3) is 0 Å². The zero-order chi connectivity index (χ0) is 9.26. The van der Waals surface area contributed by atoms with Gasteiger partial charge in [0.15, 0.2) is 5.65 Å². The quantitative estimate of drug-likeness (QED) is 0.731. The lowest BCUT2D eigenvalue weighted by Gasteiger charge is -1.96. The summed E-state index contributed by atoms with van der Waals surface area (Å²) in [6.07, 6.45) is 5.31. The van der Waals surface area contributed by atoms with Gasteiger partial charge in [0.05, 0.1) is 6.20 Å². The Labute approximate surface area is 75.6 Å². The first-order chi connectivity index (χ1) is 6.33. The molecule has 13 heavy (non-hydrogen) atoms. The third kappa shape index (κ3) is 1.22. The smallest absolute Gasteiger partial charge is 0.224 e. The van der Waals surface area contributed by atoms with E-state index in [1.165, 1.54) is 6.33 Å². The van der Waals surface area contributed by atoms with E-state index >= 15 is 0 Å². The summed E-state index contributed by atoms with van der Waals surface area (Å²) < 4.78 is 1.56. The van der Waals surface area contributed by atoms with Crippen LogP contribution in [0.1, 0.15) is 18.9 Å². The van der Waals surface area contributed by atoms with Crippen LogP contribution in [0.5, 0.6) is 0 Å². The fourth-order valence-electron chi connectivity index (χ4n) is 1.32. The maximum Gasteiger partial charge on any atom is 0.224 e. The van der Waals surface area contributed by atoms with Crippen LogP contribution in [-0.4, -0.2) is 19.6 Å². The highest BCUT2D eigenvalue weighted by atomic mass is 15.3. The highest BCUT2D eigenvalue weighted by Crippen LogP contribution is 2.10. The molecule has 0 amide bonds. The summed E-state index contributed by atoms with van der Waals surface area (Å²) in [7, 11) is 0. The van der Waals surface area contributed by atoms with Gasteiger partial charge in [0.1, 0.15) is 6.33 Å². The number of nitrogen functional groups attached to an aromatic ring is 1. The van der Waals surface area contributed by atoms with Crippen LogP contribution in [0, 0.1) is 0 Å². The zero-order valence-electron chi connectivity index (χ0n) is 7.44. The molecule has 0 saturated carbocycles. The molecule has 0 atom stereocenters. The van der Waals surface area contributed by atoms with Gasteiger partial charge in [-0.3, -0.25) is 0 Å². The second-order valence-corrected chi connectivity index (χ2v) is 2.89. The molecule has 0 aliphatic heterocycles. The Bertz CT molecular complexity index is 419. The van der Waals surface area contributed by atoms with Gasteiger partial charge in [-0.05, 0) is 6.42 Å². The summed E-state index contributed by atoms with van der Waals surface area (Å²) in [5.41, 5.74) is 7.55. The van der Waals surface area contributed by atoms with Crippen molar-refractivity contribution in [1.82, 2.24) is 19.6 Å². The summed E-state index contributed by atoms with van der Waals surface area (Å²) in [5.74, 6) is 0.382. The lowest BCUT2D eigenvalue weighted by molar-refractivity contribution is 0.905. The number of hydrogen-bond donors (Lipinski definition) is 1. The molecule has 0 bridgehead atoms. The van der Waals surface area contributed by atoms with Crippen LogP contribution in [0.25, 0.3) is 5.65 Å². The molecule has 0 aliphatic rings. The number of fused-ring (bicyclic) bond motifs is 1. The Hall–Kier alpha value is -1.65. The summed E-state index contributed by atoms with van der Waals surface area (Å²) in [6.45, 7) is 2.12. The van der Waals surface area contributed by atoms with E-state index in [1.807, 2.05) is 0 Å². The van der Waals surface area contributed by atoms with Gasteiger partial charge in [0, 0.05) is 5.56 Å². The molecule has 2 N–H and O–H groups in total. The fourth-order valence-corrected chi connectivity index (χ4v) is 1.32. The Morgan fingerprint density at radius 3 is 3.08 bits per heavy atom. The number of anilines is 1. The van der Waals surface area contributed by atoms with E-state index in [0.717, 1.165) is 24.1 Å². The van der Waals surface area contributed by atoms with E-state index in [1.54, 1.807) is 10.7 Å². The Morgan fingerprint density at radius 2 is 2.31 bits per heavy atom. The van der Waals surface area contributed by atoms with E-state index in [4.69, 9.17) is 5.73 Å². The first kappa shape index (κ1) is 7.97. The second-order valence-electron chi connectivity index (χ2n) is 2.89. The number of aromatic nitrogens is 4. The minimum atomic E-state index is 0.382. The molecule has 0 aliphatic carbocycles. The summed E-state index contributed by atoms with van der Waals surface area (Å²) in [5, 5.41) is 4.10. The van der Waals surface area contributed by atoms with Crippen molar-refractivity contribution in [1.29, 1.82) is 0 Å². The lowest BCUT2D eigenvalue weighted by Crippen LogP contribution is -2.02. The molecule has 68 valence electrons. The maximum absolute atomic E-state index is 5.62. The SMILES string of the molecule is CCCc1cnn2c(N)ncnc12. The van der Waals surface area contributed by atoms with Crippen LogP contribution in [0.15, 0.2) is 12.5 Å². The standard InChI is InChI=1S/C8H11N5/c1-2-3-6-4-12-13-7(6)10-5-11-8(13)9/h4-5H,2-3H2,1H3,(H2,9,10,11). The Morgan fingerprint density at radius 1 is 1.46 bits per heavy atom. The molecule has 2 rings (SSSR count). The number of aryl methyl sites for hydroxylation is 1. The Kier molecular flexibility index (Phi) is 1.84. The van der Waals surface area contributed by atoms with Crippen molar-refractivity contribution in [3.05, 3.63) is 18.1 Å². The van der Waals surface area contributed by atoms with Gasteiger partial charge in [0.2, 0.25) is 5.95 Å². The van der Waals surface area contributed by atoms with Crippen LogP contribution in [0.3, 0.4) is 0 Å². The van der Waals surface area contributed by atoms with E-state index in [0.29, 0.717) is 5.95 Å². The average Bonchev–Trinajstić information content (AvgIpc) is 2.51. The highest BCUT2D eigenvalue weighted by Gasteiger charge is 2.05. The van der Waals surface area contributed by atoms with Crippen LogP contribution < -0.4 is 5.73 Å². The van der Waals surface area contributed by atoms with E-state index in [2.05, 4.69) is 22.0 Å². The molecule has 2 aromatic rings. The van der Waals surface area contributed by atoms with E-state index in [9.17, 15) is 0 Å². The van der Waals surface area contributed by atoms with Crippen LogP contribution in [0.2, 0.25) is 0 Å². The van der Waals surface area contributed by atoms with Crippen molar-refractivity contribution in [2.24, 2.45) is 0 Å². The summed E-state index contributed by atoms with van der Waals surface area (Å²) in [6, 6.07) is 0. The van der Waals surface area contributed by atoms with Gasteiger partial charge >= 0.3 is 0 Å². The van der Waals surface area contributed by atoms with Crippen molar-refractivity contribution in [3.63, 3.8) is 0 Å². The van der Waals surface area contributed by atoms with Crippen molar-refractivity contribution in [3.8, 4) is 0 Å². The molecule has 0 saturated heterocycles. The minimum absolute atomic E-state index is 0.382. The van der Waals surface area contributed by atoms with Crippen molar-refractivity contribution in [2.75, 3.05) is 5.73 Å². The topological polar surface area (TPSA) is 69.1 Å². The number of nitrogens with two attached hydrogens (primary N) is 1. The van der Waals surface area contributed by atoms with Gasteiger partial charge in [-0.2, -0.15) is 9.61 Å². The molecule has 0 aromatic carbocycles. The highest BCUT2D eigenvalue weighted by molar-refractivity contribution is 5.48. The molecule has 0 radical (unpaired) electrons. The third-order valence-electron chi connectivity index (χ3n) is 1.92. The monoisotopic (exact) mass is 177 g/mol. The van der Waals surface area contributed by atoms with Crippen molar-refractivity contribution in [2.45, 2.75) is 19.8 Å². The zero-order valence-corrected chi connectivity index (χ0v) is 7.44. The second kappa shape index (κ2) is 3.01. The minimum Gasteiger partial charge on any atom is -0.368 e. The molecular weight excluding hydrogens is 166 g/mol. The van der Waals surface area contributed by atoms with Crippen LogP contribution >= 0.6 is 0 Å². The third-order valence-corrected chi connectivity index (χ3v) is 1.92. The average molecular weight is 177 g/mol. The Balaban J connectivity index is 2.61. The normalized spacial score (nSPS) is 10.8. The lowest BCUT2D eigenvalue weighted by atomic mass is 10.2. The maximum atomic E-state index is 5.62. The molecule has 5 nitrogen and oxygen atoms in total. The van der Waals surface area contributed by atoms with Crippen LogP contribution in [0.4, 0.5) is 5.95 Å². The largest absolute Gasteiger partial charge is 0.368 e. The van der Waals surface area contributed by atoms with E-state index < -0.39 is 0 Å². The first-order valence-corrected chi connectivity index (χ1v) is 4.26. The predicted molar refractivity (Wildman–Crippen MR) is 49.2 cm³/mol. The molecule has 0 fully saturated rings. The summed E-state index contributed by atoms with van der Waals surface area (Å²) >= 11 is 0. The molecule has 2 aromatic heterocycles. The molecular formula is C8H11N5. The summed E-state index contributed by atoms with van der Waals surface area (Å²) in [4.78, 5) is 7.98.